The van der Waals surface area contributed by atoms with Gasteiger partial charge in [0, 0.05) is 50.2 Å². The first-order valence-corrected chi connectivity index (χ1v) is 11.5. The Labute approximate surface area is 179 Å². The van der Waals surface area contributed by atoms with Crippen LogP contribution in [0.2, 0.25) is 0 Å². The molecule has 4 rings (SSSR count). The predicted molar refractivity (Wildman–Crippen MR) is 117 cm³/mol. The number of carbonyl (C=O) groups excluding carboxylic acids is 2. The molecule has 2 atom stereocenters. The first kappa shape index (κ1) is 21.3. The molecule has 0 spiro atoms. The summed E-state index contributed by atoms with van der Waals surface area (Å²) in [5.41, 5.74) is 3.06. The van der Waals surface area contributed by atoms with Gasteiger partial charge in [0.05, 0.1) is 13.2 Å². The van der Waals surface area contributed by atoms with Gasteiger partial charge in [0.1, 0.15) is 0 Å². The van der Waals surface area contributed by atoms with Gasteiger partial charge < -0.3 is 15.0 Å². The summed E-state index contributed by atoms with van der Waals surface area (Å²) in [6.07, 6.45) is 5.26. The summed E-state index contributed by atoms with van der Waals surface area (Å²) in [4.78, 5) is 29.9. The third kappa shape index (κ3) is 5.22. The average Bonchev–Trinajstić information content (AvgIpc) is 3.50. The van der Waals surface area contributed by atoms with E-state index in [0.717, 1.165) is 36.4 Å². The number of likely N-dealkylation sites (tertiary alicyclic amines) is 1. The molecule has 1 N–H and O–H groups in total. The van der Waals surface area contributed by atoms with Gasteiger partial charge in [-0.15, -0.1) is 0 Å². The van der Waals surface area contributed by atoms with Crippen molar-refractivity contribution in [1.82, 2.24) is 15.1 Å². The molecule has 6 heteroatoms. The van der Waals surface area contributed by atoms with Crippen molar-refractivity contribution < 1.29 is 14.3 Å². The van der Waals surface area contributed by atoms with Crippen LogP contribution in [0, 0.1) is 19.8 Å². The third-order valence-electron chi connectivity index (χ3n) is 6.98. The van der Waals surface area contributed by atoms with E-state index in [9.17, 15) is 9.59 Å². The van der Waals surface area contributed by atoms with E-state index in [1.54, 1.807) is 0 Å². The number of hydrogen-bond donors (Lipinski definition) is 1. The second kappa shape index (κ2) is 9.48. The first-order chi connectivity index (χ1) is 14.5. The number of nitrogens with zero attached hydrogens (tertiary/aromatic N) is 2. The Balaban J connectivity index is 1.34. The fourth-order valence-corrected chi connectivity index (χ4v) is 4.69. The van der Waals surface area contributed by atoms with Crippen LogP contribution in [0.4, 0.5) is 0 Å². The number of rotatable bonds is 7. The Bertz CT molecular complexity index is 771. The maximum atomic E-state index is 12.8. The lowest BCUT2D eigenvalue weighted by atomic mass is 10.1. The van der Waals surface area contributed by atoms with Gasteiger partial charge in [-0.2, -0.15) is 0 Å². The first-order valence-electron chi connectivity index (χ1n) is 11.5. The van der Waals surface area contributed by atoms with Crippen LogP contribution < -0.4 is 5.32 Å². The lowest BCUT2D eigenvalue weighted by molar-refractivity contribution is -0.136. The Hall–Kier alpha value is -1.92. The second-order valence-corrected chi connectivity index (χ2v) is 9.23. The maximum absolute atomic E-state index is 12.8. The van der Waals surface area contributed by atoms with Crippen LogP contribution in [-0.4, -0.2) is 73.1 Å². The van der Waals surface area contributed by atoms with E-state index in [0.29, 0.717) is 51.4 Å². The minimum absolute atomic E-state index is 0.00249. The highest BCUT2D eigenvalue weighted by molar-refractivity contribution is 5.94. The molecule has 0 unspecified atom stereocenters. The number of hydrogen-bond acceptors (Lipinski definition) is 4. The van der Waals surface area contributed by atoms with Crippen LogP contribution >= 0.6 is 0 Å². The van der Waals surface area contributed by atoms with Crippen LogP contribution in [0.15, 0.2) is 18.2 Å². The monoisotopic (exact) mass is 413 g/mol. The van der Waals surface area contributed by atoms with Gasteiger partial charge in [-0.05, 0) is 68.7 Å². The normalized spacial score (nSPS) is 24.8. The van der Waals surface area contributed by atoms with Gasteiger partial charge in [-0.3, -0.25) is 14.5 Å². The summed E-state index contributed by atoms with van der Waals surface area (Å²) in [6.45, 7) is 8.53. The lowest BCUT2D eigenvalue weighted by Crippen LogP contribution is -2.47. The molecule has 1 aliphatic carbocycles. The number of morpholine rings is 1. The smallest absolute Gasteiger partial charge is 0.251 e. The zero-order valence-corrected chi connectivity index (χ0v) is 18.4. The quantitative estimate of drug-likeness (QED) is 0.746. The van der Waals surface area contributed by atoms with E-state index in [1.807, 2.05) is 30.0 Å². The Morgan fingerprint density at radius 1 is 1.03 bits per heavy atom. The molecule has 30 heavy (non-hydrogen) atoms. The molecule has 2 aliphatic heterocycles. The predicted octanol–water partition coefficient (Wildman–Crippen LogP) is 2.53. The Kier molecular flexibility index (Phi) is 6.74. The summed E-state index contributed by atoms with van der Waals surface area (Å²) in [5, 5.41) is 3.16. The summed E-state index contributed by atoms with van der Waals surface area (Å²) in [5.74, 6) is 1.02. The molecule has 1 aromatic carbocycles. The molecule has 2 heterocycles. The maximum Gasteiger partial charge on any atom is 0.251 e. The fraction of sp³-hybridized carbons (Fsp3) is 0.667. The third-order valence-corrected chi connectivity index (χ3v) is 6.98. The summed E-state index contributed by atoms with van der Waals surface area (Å²) in [6, 6.07) is 6.49. The molecule has 1 saturated carbocycles. The summed E-state index contributed by atoms with van der Waals surface area (Å²) in [7, 11) is 0. The summed E-state index contributed by atoms with van der Waals surface area (Å²) < 4.78 is 5.38. The molecule has 3 aliphatic rings. The zero-order valence-electron chi connectivity index (χ0n) is 18.4. The topological polar surface area (TPSA) is 61.9 Å². The molecule has 0 aromatic heterocycles. The summed E-state index contributed by atoms with van der Waals surface area (Å²) >= 11 is 0. The number of ether oxygens (including phenoxy) is 1. The van der Waals surface area contributed by atoms with Gasteiger partial charge in [-0.25, -0.2) is 0 Å². The average molecular weight is 414 g/mol. The van der Waals surface area contributed by atoms with E-state index < -0.39 is 0 Å². The van der Waals surface area contributed by atoms with Crippen LogP contribution in [0.1, 0.15) is 53.6 Å². The van der Waals surface area contributed by atoms with Crippen molar-refractivity contribution in [2.45, 2.75) is 58.0 Å². The van der Waals surface area contributed by atoms with Crippen LogP contribution in [0.25, 0.3) is 0 Å². The van der Waals surface area contributed by atoms with Gasteiger partial charge in [0.2, 0.25) is 5.91 Å². The number of benzene rings is 1. The van der Waals surface area contributed by atoms with Gasteiger partial charge >= 0.3 is 0 Å². The number of carbonyl (C=O) groups is 2. The van der Waals surface area contributed by atoms with Gasteiger partial charge in [0.25, 0.3) is 5.91 Å². The van der Waals surface area contributed by atoms with E-state index >= 15 is 0 Å². The standard InChI is InChI=1S/C24H35N3O3/c1-17-3-6-20(13-18(17)2)24(29)25-15-22-8-7-21(27(22)16-19-4-5-19)14-23(28)26-9-11-30-12-10-26/h3,6,13,19,21-22H,4-5,7-12,14-16H2,1-2H3,(H,25,29)/t21-,22+/m1/s1. The fourth-order valence-electron chi connectivity index (χ4n) is 4.69. The van der Waals surface area contributed by atoms with E-state index in [2.05, 4.69) is 17.1 Å². The Morgan fingerprint density at radius 3 is 2.47 bits per heavy atom. The SMILES string of the molecule is Cc1ccc(C(=O)NC[C@@H]2CC[C@H](CC(=O)N3CCOCC3)N2CC2CC2)cc1C. The molecular weight excluding hydrogens is 378 g/mol. The number of amides is 2. The molecule has 1 aromatic rings. The van der Waals surface area contributed by atoms with Gasteiger partial charge in [0.15, 0.2) is 0 Å². The van der Waals surface area contributed by atoms with Gasteiger partial charge in [-0.1, -0.05) is 6.07 Å². The largest absolute Gasteiger partial charge is 0.378 e. The molecule has 0 bridgehead atoms. The van der Waals surface area contributed by atoms with E-state index in [4.69, 9.17) is 4.74 Å². The van der Waals surface area contributed by atoms with E-state index in [1.165, 1.54) is 18.4 Å². The molecule has 0 radical (unpaired) electrons. The van der Waals surface area contributed by atoms with Crippen molar-refractivity contribution in [3.8, 4) is 0 Å². The second-order valence-electron chi connectivity index (χ2n) is 9.23. The van der Waals surface area contributed by atoms with Crippen LogP contribution in [0.5, 0.6) is 0 Å². The van der Waals surface area contributed by atoms with Crippen molar-refractivity contribution in [2.75, 3.05) is 39.4 Å². The van der Waals surface area contributed by atoms with Crippen LogP contribution in [0.3, 0.4) is 0 Å². The number of aryl methyl sites for hydroxylation is 2. The molecule has 6 nitrogen and oxygen atoms in total. The molecular formula is C24H35N3O3. The van der Waals surface area contributed by atoms with Crippen molar-refractivity contribution in [2.24, 2.45) is 5.92 Å². The molecule has 164 valence electrons. The zero-order chi connectivity index (χ0) is 21.1. The highest BCUT2D eigenvalue weighted by atomic mass is 16.5. The highest BCUT2D eigenvalue weighted by Crippen LogP contribution is 2.35. The molecule has 2 amide bonds. The lowest BCUT2D eigenvalue weighted by Gasteiger charge is -2.33. The van der Waals surface area contributed by atoms with Crippen LogP contribution in [-0.2, 0) is 9.53 Å². The molecule has 2 saturated heterocycles. The molecule has 3 fully saturated rings. The van der Waals surface area contributed by atoms with Crippen molar-refractivity contribution >= 4 is 11.8 Å². The van der Waals surface area contributed by atoms with E-state index in [-0.39, 0.29) is 11.8 Å². The minimum Gasteiger partial charge on any atom is -0.378 e. The Morgan fingerprint density at radius 2 is 1.77 bits per heavy atom. The van der Waals surface area contributed by atoms with Crippen molar-refractivity contribution in [3.05, 3.63) is 34.9 Å². The van der Waals surface area contributed by atoms with Crippen molar-refractivity contribution in [1.29, 1.82) is 0 Å². The minimum atomic E-state index is -0.00249. The number of nitrogens with one attached hydrogen (secondary N) is 1. The van der Waals surface area contributed by atoms with Crippen molar-refractivity contribution in [3.63, 3.8) is 0 Å². The highest BCUT2D eigenvalue weighted by Gasteiger charge is 2.38.